The van der Waals surface area contributed by atoms with Crippen molar-refractivity contribution in [2.75, 3.05) is 7.11 Å². The molecule has 0 unspecified atom stereocenters. The molecule has 0 amide bonds. The number of hydrogen-bond acceptors (Lipinski definition) is 5. The maximum absolute atomic E-state index is 11.5. The normalized spacial score (nSPS) is 10.6. The second-order valence-electron chi connectivity index (χ2n) is 4.25. The minimum atomic E-state index is -0.305. The molecular formula is C13H13ClN2O4. The molecule has 2 N–H and O–H groups in total. The van der Waals surface area contributed by atoms with E-state index in [1.54, 1.807) is 6.92 Å². The molecule has 0 spiro atoms. The molecule has 0 atom stereocenters. The number of aryl methyl sites for hydroxylation is 1. The quantitative estimate of drug-likeness (QED) is 0.672. The van der Waals surface area contributed by atoms with Gasteiger partial charge in [0.1, 0.15) is 5.69 Å². The molecule has 6 nitrogen and oxygen atoms in total. The number of methoxy groups -OCH3 is 1. The molecule has 0 bridgehead atoms. The molecular weight excluding hydrogens is 284 g/mol. The first kappa shape index (κ1) is 14.2. The first-order chi connectivity index (χ1) is 9.36. The molecule has 0 aliphatic rings. The van der Waals surface area contributed by atoms with Gasteiger partial charge in [-0.1, -0.05) is 11.6 Å². The summed E-state index contributed by atoms with van der Waals surface area (Å²) >= 11 is 5.89. The summed E-state index contributed by atoms with van der Waals surface area (Å²) in [7, 11) is 1.38. The predicted molar refractivity (Wildman–Crippen MR) is 72.8 cm³/mol. The van der Waals surface area contributed by atoms with E-state index in [2.05, 4.69) is 4.98 Å². The fourth-order valence-electron chi connectivity index (χ4n) is 1.97. The SMILES string of the molecule is COc1cc(-c2nc(C)c(C(C)=O)n2O)cc(Cl)c1O. The van der Waals surface area contributed by atoms with Crippen LogP contribution in [0.3, 0.4) is 0 Å². The Labute approximate surface area is 120 Å². The molecule has 1 heterocycles. The van der Waals surface area contributed by atoms with Gasteiger partial charge < -0.3 is 15.1 Å². The van der Waals surface area contributed by atoms with E-state index in [1.807, 2.05) is 0 Å². The third-order valence-corrected chi connectivity index (χ3v) is 3.16. The minimum absolute atomic E-state index is 0.0596. The zero-order valence-corrected chi connectivity index (χ0v) is 11.9. The number of rotatable bonds is 3. The van der Waals surface area contributed by atoms with Gasteiger partial charge in [-0.05, 0) is 19.1 Å². The number of phenols is 1. The topological polar surface area (TPSA) is 84.6 Å². The van der Waals surface area contributed by atoms with Crippen LogP contribution in [0.15, 0.2) is 12.1 Å². The number of nitrogens with zero attached hydrogens (tertiary/aromatic N) is 2. The summed E-state index contributed by atoms with van der Waals surface area (Å²) in [5.74, 6) is -0.205. The predicted octanol–water partition coefficient (Wildman–Crippen LogP) is 2.67. The number of benzene rings is 1. The van der Waals surface area contributed by atoms with E-state index in [-0.39, 0.29) is 33.8 Å². The smallest absolute Gasteiger partial charge is 0.181 e. The lowest BCUT2D eigenvalue weighted by atomic mass is 10.2. The summed E-state index contributed by atoms with van der Waals surface area (Å²) in [5, 5.41) is 19.8. The van der Waals surface area contributed by atoms with Gasteiger partial charge in [0.05, 0.1) is 17.8 Å². The van der Waals surface area contributed by atoms with Crippen LogP contribution in [-0.2, 0) is 0 Å². The molecule has 0 fully saturated rings. The first-order valence-electron chi connectivity index (χ1n) is 5.73. The van der Waals surface area contributed by atoms with Crippen LogP contribution in [0.5, 0.6) is 11.5 Å². The van der Waals surface area contributed by atoms with Gasteiger partial charge in [0, 0.05) is 12.5 Å². The number of ether oxygens (including phenoxy) is 1. The second kappa shape index (κ2) is 5.05. The number of imidazole rings is 1. The third-order valence-electron chi connectivity index (χ3n) is 2.87. The molecule has 1 aromatic carbocycles. The van der Waals surface area contributed by atoms with Crippen LogP contribution in [0.25, 0.3) is 11.4 Å². The van der Waals surface area contributed by atoms with Crippen LogP contribution < -0.4 is 4.74 Å². The Hall–Kier alpha value is -2.21. The molecule has 2 aromatic rings. The van der Waals surface area contributed by atoms with Crippen molar-refractivity contribution < 1.29 is 19.8 Å². The van der Waals surface area contributed by atoms with Gasteiger partial charge in [-0.2, -0.15) is 4.73 Å². The van der Waals surface area contributed by atoms with Gasteiger partial charge in [-0.3, -0.25) is 4.79 Å². The minimum Gasteiger partial charge on any atom is -0.503 e. The van der Waals surface area contributed by atoms with Crippen molar-refractivity contribution in [3.8, 4) is 22.9 Å². The maximum atomic E-state index is 11.5. The number of carbonyl (C=O) groups is 1. The Morgan fingerprint density at radius 1 is 1.45 bits per heavy atom. The van der Waals surface area contributed by atoms with Crippen LogP contribution >= 0.6 is 11.6 Å². The molecule has 1 aromatic heterocycles. The molecule has 0 radical (unpaired) electrons. The van der Waals surface area contributed by atoms with Gasteiger partial charge in [0.15, 0.2) is 23.1 Å². The van der Waals surface area contributed by atoms with E-state index in [9.17, 15) is 15.1 Å². The standard InChI is InChI=1S/C13H13ClN2O4/c1-6-11(7(2)17)16(19)13(15-6)8-4-9(14)12(18)10(5-8)20-3/h4-5,18-19H,1-3H3. The Bertz CT molecular complexity index is 694. The number of aromatic hydroxyl groups is 1. The molecule has 2 rings (SSSR count). The Kier molecular flexibility index (Phi) is 3.59. The fourth-order valence-corrected chi connectivity index (χ4v) is 2.18. The first-order valence-corrected chi connectivity index (χ1v) is 6.11. The molecule has 0 saturated carbocycles. The van der Waals surface area contributed by atoms with Crippen molar-refractivity contribution in [3.63, 3.8) is 0 Å². The van der Waals surface area contributed by atoms with Gasteiger partial charge >= 0.3 is 0 Å². The number of carbonyl (C=O) groups excluding carboxylic acids is 1. The lowest BCUT2D eigenvalue weighted by Crippen LogP contribution is -2.05. The lowest BCUT2D eigenvalue weighted by molar-refractivity contribution is 0.0965. The van der Waals surface area contributed by atoms with Crippen molar-refractivity contribution in [3.05, 3.63) is 28.5 Å². The summed E-state index contributed by atoms with van der Waals surface area (Å²) in [6, 6.07) is 2.90. The molecule has 0 aliphatic carbocycles. The number of halogens is 1. The average molecular weight is 297 g/mol. The zero-order valence-electron chi connectivity index (χ0n) is 11.1. The van der Waals surface area contributed by atoms with Crippen LogP contribution in [0.2, 0.25) is 5.02 Å². The van der Waals surface area contributed by atoms with Gasteiger partial charge in [-0.15, -0.1) is 0 Å². The molecule has 0 saturated heterocycles. The second-order valence-corrected chi connectivity index (χ2v) is 4.65. The third kappa shape index (κ3) is 2.18. The van der Waals surface area contributed by atoms with Gasteiger partial charge in [0.25, 0.3) is 0 Å². The summed E-state index contributed by atoms with van der Waals surface area (Å²) in [5.41, 5.74) is 0.920. The Morgan fingerprint density at radius 3 is 2.60 bits per heavy atom. The number of hydrogen-bond donors (Lipinski definition) is 2. The van der Waals surface area contributed by atoms with E-state index in [4.69, 9.17) is 16.3 Å². The van der Waals surface area contributed by atoms with Crippen molar-refractivity contribution in [1.29, 1.82) is 0 Å². The van der Waals surface area contributed by atoms with E-state index >= 15 is 0 Å². The lowest BCUT2D eigenvalue weighted by Gasteiger charge is -2.08. The van der Waals surface area contributed by atoms with Crippen LogP contribution in [0.4, 0.5) is 0 Å². The largest absolute Gasteiger partial charge is 0.503 e. The van der Waals surface area contributed by atoms with Crippen molar-refractivity contribution in [1.82, 2.24) is 9.71 Å². The highest BCUT2D eigenvalue weighted by Crippen LogP contribution is 2.38. The molecule has 20 heavy (non-hydrogen) atoms. The molecule has 7 heteroatoms. The molecule has 0 aliphatic heterocycles. The monoisotopic (exact) mass is 296 g/mol. The number of ketones is 1. The maximum Gasteiger partial charge on any atom is 0.181 e. The van der Waals surface area contributed by atoms with E-state index in [0.29, 0.717) is 16.0 Å². The van der Waals surface area contributed by atoms with Crippen molar-refractivity contribution in [2.24, 2.45) is 0 Å². The Balaban J connectivity index is 2.66. The van der Waals surface area contributed by atoms with Gasteiger partial charge in [-0.25, -0.2) is 4.98 Å². The highest BCUT2D eigenvalue weighted by atomic mass is 35.5. The van der Waals surface area contributed by atoms with Crippen molar-refractivity contribution in [2.45, 2.75) is 13.8 Å². The van der Waals surface area contributed by atoms with E-state index in [1.165, 1.54) is 26.2 Å². The van der Waals surface area contributed by atoms with Crippen LogP contribution in [0.1, 0.15) is 23.1 Å². The Morgan fingerprint density at radius 2 is 2.10 bits per heavy atom. The van der Waals surface area contributed by atoms with Crippen molar-refractivity contribution >= 4 is 17.4 Å². The highest BCUT2D eigenvalue weighted by molar-refractivity contribution is 6.32. The van der Waals surface area contributed by atoms with Crippen LogP contribution in [-0.4, -0.2) is 32.9 Å². The number of Topliss-reactive ketones (excluding diaryl/α,β-unsaturated/α-hetero) is 1. The van der Waals surface area contributed by atoms with Crippen LogP contribution in [0, 0.1) is 6.92 Å². The summed E-state index contributed by atoms with van der Waals surface area (Å²) < 4.78 is 5.70. The highest BCUT2D eigenvalue weighted by Gasteiger charge is 2.20. The molecule has 106 valence electrons. The van der Waals surface area contributed by atoms with E-state index < -0.39 is 0 Å². The average Bonchev–Trinajstić information content (AvgIpc) is 2.68. The summed E-state index contributed by atoms with van der Waals surface area (Å²) in [6.07, 6.45) is 0. The zero-order chi connectivity index (χ0) is 15.0. The van der Waals surface area contributed by atoms with E-state index in [0.717, 1.165) is 0 Å². The van der Waals surface area contributed by atoms with Gasteiger partial charge in [0.2, 0.25) is 0 Å². The number of phenolic OH excluding ortho intramolecular Hbond substituents is 1. The summed E-state index contributed by atoms with van der Waals surface area (Å²) in [4.78, 5) is 15.6. The number of aromatic nitrogens is 2. The summed E-state index contributed by atoms with van der Waals surface area (Å²) in [6.45, 7) is 2.96. The fraction of sp³-hybridized carbons (Fsp3) is 0.231.